The first kappa shape index (κ1) is 16.6. The van der Waals surface area contributed by atoms with Crippen molar-refractivity contribution in [1.82, 2.24) is 15.3 Å². The van der Waals surface area contributed by atoms with Crippen LogP contribution < -0.4 is 10.6 Å². The molecule has 0 radical (unpaired) electrons. The molecule has 7 heteroatoms. The van der Waals surface area contributed by atoms with E-state index in [4.69, 9.17) is 4.42 Å². The Morgan fingerprint density at radius 2 is 2.11 bits per heavy atom. The summed E-state index contributed by atoms with van der Waals surface area (Å²) in [6.07, 6.45) is 6.84. The molecule has 0 bridgehead atoms. The summed E-state index contributed by atoms with van der Waals surface area (Å²) in [4.78, 5) is 11.9. The molecule has 5 rings (SSSR count). The van der Waals surface area contributed by atoms with Gasteiger partial charge in [-0.3, -0.25) is 4.98 Å². The van der Waals surface area contributed by atoms with Crippen LogP contribution in [-0.4, -0.2) is 22.3 Å². The number of nitrogens with zero attached hydrogens (tertiary/aromatic N) is 2. The van der Waals surface area contributed by atoms with Crippen molar-refractivity contribution in [2.75, 3.05) is 11.9 Å². The minimum absolute atomic E-state index is 0.388. The second-order valence-electron chi connectivity index (χ2n) is 6.66. The van der Waals surface area contributed by atoms with E-state index in [1.165, 1.54) is 23.2 Å². The number of H-pyrrole nitrogens is 1. The van der Waals surface area contributed by atoms with E-state index in [-0.39, 0.29) is 5.82 Å². The Kier molecular flexibility index (Phi) is 4.05. The quantitative estimate of drug-likeness (QED) is 0.504. The summed E-state index contributed by atoms with van der Waals surface area (Å²) >= 11 is 0. The number of nitrogens with one attached hydrogen (secondary N) is 3. The molecule has 1 unspecified atom stereocenters. The van der Waals surface area contributed by atoms with E-state index in [2.05, 4.69) is 37.7 Å². The van der Waals surface area contributed by atoms with Gasteiger partial charge in [0, 0.05) is 41.5 Å². The molecule has 6 nitrogen and oxygen atoms in total. The third-order valence-corrected chi connectivity index (χ3v) is 4.83. The number of benzene rings is 1. The number of aliphatic imine (C=N–C) groups is 1. The van der Waals surface area contributed by atoms with Crippen LogP contribution >= 0.6 is 0 Å². The number of aromatic nitrogens is 2. The van der Waals surface area contributed by atoms with Crippen LogP contribution in [0.3, 0.4) is 0 Å². The maximum Gasteiger partial charge on any atom is 0.191 e. The van der Waals surface area contributed by atoms with E-state index in [1.54, 1.807) is 12.5 Å². The summed E-state index contributed by atoms with van der Waals surface area (Å²) in [6, 6.07) is 11.5. The highest BCUT2D eigenvalue weighted by atomic mass is 19.1. The molecule has 1 atom stereocenters. The lowest BCUT2D eigenvalue weighted by atomic mass is 10.1. The highest BCUT2D eigenvalue weighted by Crippen LogP contribution is 2.30. The number of halogens is 1. The lowest BCUT2D eigenvalue weighted by Gasteiger charge is -2.23. The lowest BCUT2D eigenvalue weighted by Crippen LogP contribution is -2.31. The van der Waals surface area contributed by atoms with Gasteiger partial charge in [0.2, 0.25) is 0 Å². The van der Waals surface area contributed by atoms with E-state index in [9.17, 15) is 4.39 Å². The number of hydrogen-bond acceptors (Lipinski definition) is 5. The minimum Gasteiger partial charge on any atom is -0.459 e. The summed E-state index contributed by atoms with van der Waals surface area (Å²) in [5.41, 5.74) is 3.84. The molecule has 3 aromatic heterocycles. The molecular weight excluding hydrogens is 357 g/mol. The number of hydrogen-bond donors (Lipinski definition) is 3. The van der Waals surface area contributed by atoms with E-state index >= 15 is 0 Å². The van der Waals surface area contributed by atoms with Gasteiger partial charge in [0.15, 0.2) is 11.6 Å². The Labute approximate surface area is 160 Å². The number of pyridine rings is 1. The van der Waals surface area contributed by atoms with E-state index in [1.807, 2.05) is 24.4 Å². The second kappa shape index (κ2) is 6.84. The summed E-state index contributed by atoms with van der Waals surface area (Å²) < 4.78 is 19.1. The Bertz CT molecular complexity index is 1160. The number of furan rings is 1. The Hall–Kier alpha value is -3.61. The Morgan fingerprint density at radius 1 is 1.18 bits per heavy atom. The van der Waals surface area contributed by atoms with Crippen LogP contribution in [0.5, 0.6) is 0 Å². The molecule has 4 aromatic rings. The van der Waals surface area contributed by atoms with Gasteiger partial charge in [-0.1, -0.05) is 18.2 Å². The summed E-state index contributed by atoms with van der Waals surface area (Å²) in [5.74, 6) is 0.911. The molecule has 0 saturated heterocycles. The van der Waals surface area contributed by atoms with Gasteiger partial charge in [0.25, 0.3) is 0 Å². The molecule has 0 saturated carbocycles. The fourth-order valence-electron chi connectivity index (χ4n) is 3.49. The molecule has 140 valence electrons. The van der Waals surface area contributed by atoms with Gasteiger partial charge in [-0.2, -0.15) is 0 Å². The Morgan fingerprint density at radius 3 is 3.04 bits per heavy atom. The van der Waals surface area contributed by atoms with Crippen molar-refractivity contribution < 1.29 is 8.81 Å². The van der Waals surface area contributed by atoms with Crippen LogP contribution in [-0.2, 0) is 6.42 Å². The molecule has 1 aliphatic rings. The van der Waals surface area contributed by atoms with Crippen molar-refractivity contribution in [2.45, 2.75) is 12.6 Å². The van der Waals surface area contributed by atoms with Crippen LogP contribution in [0.25, 0.3) is 10.9 Å². The lowest BCUT2D eigenvalue weighted by molar-refractivity contribution is 0.548. The number of aromatic amines is 1. The molecule has 0 spiro atoms. The molecule has 1 aliphatic heterocycles. The van der Waals surface area contributed by atoms with E-state index in [0.717, 1.165) is 17.6 Å². The monoisotopic (exact) mass is 375 g/mol. The van der Waals surface area contributed by atoms with Crippen LogP contribution in [0.4, 0.5) is 10.1 Å². The van der Waals surface area contributed by atoms with Gasteiger partial charge in [-0.25, -0.2) is 9.38 Å². The largest absolute Gasteiger partial charge is 0.459 e. The maximum atomic E-state index is 13.6. The summed E-state index contributed by atoms with van der Waals surface area (Å²) in [7, 11) is 0. The summed E-state index contributed by atoms with van der Waals surface area (Å²) in [5, 5.41) is 7.84. The smallest absolute Gasteiger partial charge is 0.191 e. The zero-order chi connectivity index (χ0) is 18.9. The summed E-state index contributed by atoms with van der Waals surface area (Å²) in [6.45, 7) is 0.689. The standard InChI is InChI=1S/C21H18FN5O/c22-15-9-14(10-23-12-15)20-26-18-6-8-28-19(18)21(27-20)24-7-5-13-11-25-17-4-2-1-3-16(13)17/h1-4,6,8-12,20,25-26H,5,7H2,(H,24,27). The number of amidine groups is 1. The number of para-hydroxylation sites is 1. The van der Waals surface area contributed by atoms with E-state index in [0.29, 0.717) is 23.7 Å². The SMILES string of the molecule is Fc1cncc(C2N=C(NCCc3c[nH]c4ccccc34)c3occc3N2)c1. The van der Waals surface area contributed by atoms with Crippen LogP contribution in [0.2, 0.25) is 0 Å². The predicted octanol–water partition coefficient (Wildman–Crippen LogP) is 4.00. The highest BCUT2D eigenvalue weighted by Gasteiger charge is 2.24. The van der Waals surface area contributed by atoms with Crippen molar-refractivity contribution in [3.8, 4) is 0 Å². The molecule has 0 fully saturated rings. The molecule has 4 heterocycles. The number of rotatable bonds is 4. The van der Waals surface area contributed by atoms with Gasteiger partial charge in [0.1, 0.15) is 12.0 Å². The van der Waals surface area contributed by atoms with Crippen LogP contribution in [0, 0.1) is 5.82 Å². The van der Waals surface area contributed by atoms with Crippen molar-refractivity contribution in [3.63, 3.8) is 0 Å². The van der Waals surface area contributed by atoms with Crippen molar-refractivity contribution in [1.29, 1.82) is 0 Å². The molecular formula is C21H18FN5O. The molecule has 28 heavy (non-hydrogen) atoms. The fraction of sp³-hybridized carbons (Fsp3) is 0.143. The second-order valence-corrected chi connectivity index (χ2v) is 6.66. The zero-order valence-corrected chi connectivity index (χ0v) is 14.9. The molecule has 3 N–H and O–H groups in total. The molecule has 0 aliphatic carbocycles. The van der Waals surface area contributed by atoms with Crippen LogP contribution in [0.1, 0.15) is 23.1 Å². The highest BCUT2D eigenvalue weighted by molar-refractivity contribution is 6.02. The Balaban J connectivity index is 1.36. The van der Waals surface area contributed by atoms with Gasteiger partial charge in [-0.15, -0.1) is 0 Å². The molecule has 1 aromatic carbocycles. The average molecular weight is 375 g/mol. The van der Waals surface area contributed by atoms with E-state index < -0.39 is 6.17 Å². The van der Waals surface area contributed by atoms with Crippen molar-refractivity contribution >= 4 is 22.4 Å². The third kappa shape index (κ3) is 3.00. The fourth-order valence-corrected chi connectivity index (χ4v) is 3.49. The zero-order valence-electron chi connectivity index (χ0n) is 14.9. The first-order valence-electron chi connectivity index (χ1n) is 9.09. The van der Waals surface area contributed by atoms with Crippen molar-refractivity contribution in [3.05, 3.63) is 84.0 Å². The maximum absolute atomic E-state index is 13.6. The van der Waals surface area contributed by atoms with Gasteiger partial charge >= 0.3 is 0 Å². The topological polar surface area (TPSA) is 78.2 Å². The van der Waals surface area contributed by atoms with Crippen LogP contribution in [0.15, 0.2) is 70.7 Å². The minimum atomic E-state index is -0.427. The van der Waals surface area contributed by atoms with Crippen molar-refractivity contribution in [2.24, 2.45) is 4.99 Å². The first-order valence-corrected chi connectivity index (χ1v) is 9.09. The average Bonchev–Trinajstić information content (AvgIpc) is 3.35. The van der Waals surface area contributed by atoms with Gasteiger partial charge < -0.3 is 20.0 Å². The number of anilines is 1. The first-order chi connectivity index (χ1) is 13.8. The van der Waals surface area contributed by atoms with Gasteiger partial charge in [-0.05, 0) is 24.1 Å². The normalized spacial score (nSPS) is 15.8. The number of fused-ring (bicyclic) bond motifs is 2. The molecule has 0 amide bonds. The third-order valence-electron chi connectivity index (χ3n) is 4.83. The predicted molar refractivity (Wildman–Crippen MR) is 106 cm³/mol. The van der Waals surface area contributed by atoms with Gasteiger partial charge in [0.05, 0.1) is 18.1 Å².